The summed E-state index contributed by atoms with van der Waals surface area (Å²) in [4.78, 5) is 27.9. The summed E-state index contributed by atoms with van der Waals surface area (Å²) in [5.41, 5.74) is 2.43. The Morgan fingerprint density at radius 2 is 1.70 bits per heavy atom. The van der Waals surface area contributed by atoms with E-state index in [1.807, 2.05) is 0 Å². The maximum Gasteiger partial charge on any atom is 0.389 e. The number of hydrogen-bond donors (Lipinski definition) is 2. The molecule has 2 saturated carbocycles. The van der Waals surface area contributed by atoms with Crippen LogP contribution in [-0.4, -0.2) is 47.3 Å². The van der Waals surface area contributed by atoms with Gasteiger partial charge in [0.05, 0.1) is 48.5 Å². The number of amides is 2. The van der Waals surface area contributed by atoms with Crippen LogP contribution in [0.3, 0.4) is 0 Å². The number of aryl methyl sites for hydroxylation is 1. The van der Waals surface area contributed by atoms with Gasteiger partial charge in [0.25, 0.3) is 5.91 Å². The highest BCUT2D eigenvalue weighted by Crippen LogP contribution is 2.32. The molecular weight excluding hydrogens is 557 g/mol. The van der Waals surface area contributed by atoms with Crippen LogP contribution < -0.4 is 10.6 Å². The van der Waals surface area contributed by atoms with Crippen LogP contribution in [-0.2, 0) is 17.9 Å². The Balaban J connectivity index is 0.000000331. The van der Waals surface area contributed by atoms with Crippen LogP contribution in [0.4, 0.5) is 22.0 Å². The summed E-state index contributed by atoms with van der Waals surface area (Å²) in [6.07, 6.45) is 4.12. The van der Waals surface area contributed by atoms with Crippen LogP contribution in [0.25, 0.3) is 5.65 Å². The maximum atomic E-state index is 12.2. The average Bonchev–Trinajstić information content (AvgIpc) is 3.63. The molecule has 0 saturated heterocycles. The molecule has 0 radical (unpaired) electrons. The minimum absolute atomic E-state index is 0.0369. The van der Waals surface area contributed by atoms with Gasteiger partial charge in [-0.1, -0.05) is 25.7 Å². The van der Waals surface area contributed by atoms with Crippen LogP contribution in [0.5, 0.6) is 0 Å². The molecule has 0 aliphatic heterocycles. The number of halogens is 5. The first-order valence-electron chi connectivity index (χ1n) is 13.0. The number of imidazole rings is 1. The second-order valence-corrected chi connectivity index (χ2v) is 10.2. The van der Waals surface area contributed by atoms with Crippen LogP contribution in [0.15, 0.2) is 18.5 Å². The van der Waals surface area contributed by atoms with Gasteiger partial charge in [-0.25, -0.2) is 18.3 Å². The Morgan fingerprint density at radius 1 is 1.02 bits per heavy atom. The second-order valence-electron chi connectivity index (χ2n) is 9.65. The van der Waals surface area contributed by atoms with E-state index >= 15 is 0 Å². The standard InChI is InChI=1S/C16H16F3N7O2S.C6H10F2.C3H6/c1-9-14(25-29-24-9)15(28)21-7-11-8-26-12(23-11)4-10(6-22-26)5-20-13(27)2-3-16(17,18)19;7-6(8)4-2-1-3-5-6;1-2-3-1/h4,6,8H,2-3,5,7H2,1H3,(H,20,27)(H,21,28);1-5H2;1-3H2. The summed E-state index contributed by atoms with van der Waals surface area (Å²) in [5, 5.41) is 9.26. The fraction of sp³-hybridized carbons (Fsp3) is 0.600. The number of fused-ring (bicyclic) bond motifs is 1. The monoisotopic (exact) mass is 589 g/mol. The van der Waals surface area contributed by atoms with Gasteiger partial charge in [0.15, 0.2) is 11.3 Å². The van der Waals surface area contributed by atoms with Gasteiger partial charge >= 0.3 is 6.18 Å². The van der Waals surface area contributed by atoms with E-state index in [1.165, 1.54) is 30.0 Å². The molecule has 2 amide bonds. The van der Waals surface area contributed by atoms with Crippen LogP contribution >= 0.6 is 11.7 Å². The predicted octanol–water partition coefficient (Wildman–Crippen LogP) is 5.53. The number of carbonyl (C=O) groups is 2. The summed E-state index contributed by atoms with van der Waals surface area (Å²) in [7, 11) is 0. The van der Waals surface area contributed by atoms with E-state index in [2.05, 4.69) is 29.5 Å². The lowest BCUT2D eigenvalue weighted by Gasteiger charge is -2.20. The summed E-state index contributed by atoms with van der Waals surface area (Å²) < 4.78 is 70.2. The van der Waals surface area contributed by atoms with Crippen molar-refractivity contribution in [3.8, 4) is 0 Å². The third-order valence-corrected chi connectivity index (χ3v) is 6.41. The quantitative estimate of drug-likeness (QED) is 0.350. The van der Waals surface area contributed by atoms with E-state index in [-0.39, 0.29) is 37.5 Å². The van der Waals surface area contributed by atoms with E-state index < -0.39 is 30.8 Å². The van der Waals surface area contributed by atoms with Crippen molar-refractivity contribution in [3.05, 3.63) is 41.1 Å². The first-order chi connectivity index (χ1) is 18.9. The highest BCUT2D eigenvalue weighted by atomic mass is 32.1. The zero-order valence-corrected chi connectivity index (χ0v) is 22.9. The lowest BCUT2D eigenvalue weighted by Crippen LogP contribution is -2.24. The molecule has 3 heterocycles. The number of rotatable bonds is 7. The van der Waals surface area contributed by atoms with E-state index in [1.54, 1.807) is 19.2 Å². The summed E-state index contributed by atoms with van der Waals surface area (Å²) >= 11 is 0.956. The van der Waals surface area contributed by atoms with Crippen molar-refractivity contribution < 1.29 is 31.5 Å². The van der Waals surface area contributed by atoms with Crippen molar-refractivity contribution in [1.82, 2.24) is 34.0 Å². The van der Waals surface area contributed by atoms with Crippen LogP contribution in [0.2, 0.25) is 0 Å². The van der Waals surface area contributed by atoms with Crippen LogP contribution in [0, 0.1) is 6.92 Å². The fourth-order valence-electron chi connectivity index (χ4n) is 3.45. The summed E-state index contributed by atoms with van der Waals surface area (Å²) in [6, 6.07) is 1.65. The van der Waals surface area contributed by atoms with E-state index in [4.69, 9.17) is 0 Å². The number of carbonyl (C=O) groups excluding carboxylic acids is 2. The molecular formula is C25H32F5N7O2S. The van der Waals surface area contributed by atoms with Gasteiger partial charge in [0.2, 0.25) is 11.8 Å². The number of aromatic nitrogens is 5. The molecule has 5 rings (SSSR count). The third-order valence-electron chi connectivity index (χ3n) is 5.79. The molecule has 2 aliphatic rings. The van der Waals surface area contributed by atoms with Gasteiger partial charge in [-0.2, -0.15) is 27.0 Å². The van der Waals surface area contributed by atoms with Gasteiger partial charge in [0, 0.05) is 25.8 Å². The Bertz CT molecular complexity index is 1250. The van der Waals surface area contributed by atoms with Gasteiger partial charge < -0.3 is 10.6 Å². The molecule has 0 unspecified atom stereocenters. The molecule has 0 bridgehead atoms. The summed E-state index contributed by atoms with van der Waals surface area (Å²) in [6.45, 7) is 1.88. The number of alkyl halides is 5. The SMILES string of the molecule is C1CC1.Cc1nsnc1C(=O)NCc1cn2ncc(CNC(=O)CCC(F)(F)F)cc2n1.FC1(F)CCCCC1. The van der Waals surface area contributed by atoms with Crippen molar-refractivity contribution in [1.29, 1.82) is 0 Å². The number of hydrogen-bond acceptors (Lipinski definition) is 7. The molecule has 2 N–H and O–H groups in total. The molecule has 2 fully saturated rings. The highest BCUT2D eigenvalue weighted by molar-refractivity contribution is 6.99. The normalized spacial score (nSPS) is 15.8. The van der Waals surface area contributed by atoms with Crippen molar-refractivity contribution >= 4 is 29.2 Å². The molecule has 0 aromatic carbocycles. The smallest absolute Gasteiger partial charge is 0.352 e. The predicted molar refractivity (Wildman–Crippen MR) is 138 cm³/mol. The van der Waals surface area contributed by atoms with Gasteiger partial charge in [-0.05, 0) is 31.4 Å². The van der Waals surface area contributed by atoms with Crippen molar-refractivity contribution in [2.75, 3.05) is 0 Å². The van der Waals surface area contributed by atoms with Gasteiger partial charge in [-0.3, -0.25) is 9.59 Å². The largest absolute Gasteiger partial charge is 0.389 e. The lowest BCUT2D eigenvalue weighted by molar-refractivity contribution is -0.144. The molecule has 0 atom stereocenters. The molecule has 9 nitrogen and oxygen atoms in total. The van der Waals surface area contributed by atoms with Crippen LogP contribution in [0.1, 0.15) is 91.6 Å². The molecule has 3 aromatic rings. The van der Waals surface area contributed by atoms with E-state index in [0.29, 0.717) is 35.4 Å². The zero-order chi connectivity index (χ0) is 29.2. The average molecular weight is 590 g/mol. The molecule has 15 heteroatoms. The van der Waals surface area contributed by atoms with E-state index in [9.17, 15) is 31.5 Å². The molecule has 3 aromatic heterocycles. The lowest BCUT2D eigenvalue weighted by atomic mass is 9.97. The first kappa shape index (κ1) is 31.3. The van der Waals surface area contributed by atoms with Gasteiger partial charge in [-0.15, -0.1) is 0 Å². The minimum atomic E-state index is -4.37. The first-order valence-corrected chi connectivity index (χ1v) is 13.8. The van der Waals surface area contributed by atoms with Crippen molar-refractivity contribution in [2.45, 2.75) is 96.3 Å². The minimum Gasteiger partial charge on any atom is -0.352 e. The molecule has 220 valence electrons. The Kier molecular flexibility index (Phi) is 11.3. The molecule has 0 spiro atoms. The van der Waals surface area contributed by atoms with Gasteiger partial charge in [0.1, 0.15) is 0 Å². The Hall–Kier alpha value is -3.23. The Labute approximate surface area is 232 Å². The third kappa shape index (κ3) is 11.5. The van der Waals surface area contributed by atoms with Crippen molar-refractivity contribution in [3.63, 3.8) is 0 Å². The van der Waals surface area contributed by atoms with E-state index in [0.717, 1.165) is 18.1 Å². The second kappa shape index (κ2) is 14.4. The number of nitrogens with one attached hydrogen (secondary N) is 2. The number of nitrogens with zero attached hydrogens (tertiary/aromatic N) is 5. The Morgan fingerprint density at radius 3 is 2.25 bits per heavy atom. The molecule has 2 aliphatic carbocycles. The maximum absolute atomic E-state index is 12.2. The van der Waals surface area contributed by atoms with Crippen molar-refractivity contribution in [2.24, 2.45) is 0 Å². The summed E-state index contributed by atoms with van der Waals surface area (Å²) in [5.74, 6) is -3.37. The topological polar surface area (TPSA) is 114 Å². The molecule has 40 heavy (non-hydrogen) atoms. The fourth-order valence-corrected chi connectivity index (χ4v) is 4.00. The zero-order valence-electron chi connectivity index (χ0n) is 22.1. The highest BCUT2D eigenvalue weighted by Gasteiger charge is 2.30.